The van der Waals surface area contributed by atoms with E-state index in [1.165, 1.54) is 0 Å². The highest BCUT2D eigenvalue weighted by molar-refractivity contribution is 5.52. The molecule has 0 aliphatic heterocycles. The Labute approximate surface area is 76.6 Å². The second-order valence-electron chi connectivity index (χ2n) is 4.63. The van der Waals surface area contributed by atoms with Crippen LogP contribution in [0.5, 0.6) is 0 Å². The molecule has 0 bridgehead atoms. The Kier molecular flexibility index (Phi) is 4.29. The van der Waals surface area contributed by atoms with E-state index in [0.29, 0.717) is 11.5 Å². The lowest BCUT2D eigenvalue weighted by molar-refractivity contribution is 0.162. The van der Waals surface area contributed by atoms with Gasteiger partial charge in [-0.3, -0.25) is 5.01 Å². The molecule has 0 aliphatic carbocycles. The number of hydrazone groups is 1. The quantitative estimate of drug-likeness (QED) is 0.470. The maximum atomic E-state index is 4.32. The van der Waals surface area contributed by atoms with E-state index in [9.17, 15) is 0 Å². The van der Waals surface area contributed by atoms with E-state index in [2.05, 4.69) is 44.7 Å². The third kappa shape index (κ3) is 5.16. The first-order valence-corrected chi connectivity index (χ1v) is 4.62. The lowest BCUT2D eigenvalue weighted by atomic mass is 9.96. The fraction of sp³-hybridized carbons (Fsp3) is 0.900. The van der Waals surface area contributed by atoms with Gasteiger partial charge in [0.05, 0.1) is 0 Å². The van der Waals surface area contributed by atoms with Crippen LogP contribution in [0.2, 0.25) is 0 Å². The highest BCUT2D eigenvalue weighted by Crippen LogP contribution is 2.16. The number of hydrogen-bond donors (Lipinski definition) is 0. The molecule has 0 aromatic heterocycles. The van der Waals surface area contributed by atoms with E-state index >= 15 is 0 Å². The van der Waals surface area contributed by atoms with Gasteiger partial charge in [0, 0.05) is 18.8 Å². The Bertz CT molecular complexity index is 142. The van der Waals surface area contributed by atoms with Crippen molar-refractivity contribution >= 4 is 6.21 Å². The van der Waals surface area contributed by atoms with Gasteiger partial charge in [-0.1, -0.05) is 20.8 Å². The summed E-state index contributed by atoms with van der Waals surface area (Å²) in [6.45, 7) is 14.0. The second-order valence-corrected chi connectivity index (χ2v) is 4.63. The zero-order chi connectivity index (χ0) is 9.78. The van der Waals surface area contributed by atoms with Crippen LogP contribution in [-0.4, -0.2) is 23.8 Å². The lowest BCUT2D eigenvalue weighted by Gasteiger charge is -2.30. The standard InChI is InChI=1S/C10H22N2/c1-7-11-12(9(2)3)8-10(4,5)6/h7,9H,8H2,1-6H3/b11-7-. The van der Waals surface area contributed by atoms with Gasteiger partial charge in [-0.2, -0.15) is 5.10 Å². The third-order valence-corrected chi connectivity index (χ3v) is 1.50. The van der Waals surface area contributed by atoms with E-state index in [0.717, 1.165) is 6.54 Å². The van der Waals surface area contributed by atoms with Crippen LogP contribution >= 0.6 is 0 Å². The highest BCUT2D eigenvalue weighted by atomic mass is 15.5. The lowest BCUT2D eigenvalue weighted by Crippen LogP contribution is -2.33. The van der Waals surface area contributed by atoms with Crippen LogP contribution in [0.25, 0.3) is 0 Å². The summed E-state index contributed by atoms with van der Waals surface area (Å²) >= 11 is 0. The third-order valence-electron chi connectivity index (χ3n) is 1.50. The van der Waals surface area contributed by atoms with E-state index < -0.39 is 0 Å². The Balaban J connectivity index is 4.14. The summed E-state index contributed by atoms with van der Waals surface area (Å²) in [6, 6.07) is 0.487. The molecule has 72 valence electrons. The molecule has 0 heterocycles. The fourth-order valence-electron chi connectivity index (χ4n) is 0.991. The molecule has 0 spiro atoms. The van der Waals surface area contributed by atoms with Crippen molar-refractivity contribution in [2.75, 3.05) is 6.54 Å². The molecule has 0 aromatic carbocycles. The van der Waals surface area contributed by atoms with Gasteiger partial charge in [-0.15, -0.1) is 0 Å². The molecule has 0 saturated heterocycles. The average molecular weight is 170 g/mol. The van der Waals surface area contributed by atoms with E-state index in [1.54, 1.807) is 0 Å². The number of rotatable bonds is 3. The summed E-state index contributed by atoms with van der Waals surface area (Å²) in [7, 11) is 0. The fourth-order valence-corrected chi connectivity index (χ4v) is 0.991. The molecule has 0 fully saturated rings. The van der Waals surface area contributed by atoms with Gasteiger partial charge in [0.2, 0.25) is 0 Å². The minimum absolute atomic E-state index is 0.316. The molecule has 12 heavy (non-hydrogen) atoms. The van der Waals surface area contributed by atoms with Crippen LogP contribution in [0.4, 0.5) is 0 Å². The molecule has 0 aliphatic rings. The first kappa shape index (κ1) is 11.5. The molecule has 0 unspecified atom stereocenters. The highest BCUT2D eigenvalue weighted by Gasteiger charge is 2.16. The number of nitrogens with zero attached hydrogens (tertiary/aromatic N) is 2. The van der Waals surface area contributed by atoms with Crippen molar-refractivity contribution in [1.29, 1.82) is 0 Å². The van der Waals surface area contributed by atoms with Gasteiger partial charge in [0.25, 0.3) is 0 Å². The summed E-state index contributed by atoms with van der Waals surface area (Å²) in [5, 5.41) is 6.44. The van der Waals surface area contributed by atoms with Crippen LogP contribution in [0.1, 0.15) is 41.5 Å². The van der Waals surface area contributed by atoms with Crippen LogP contribution in [-0.2, 0) is 0 Å². The summed E-state index contributed by atoms with van der Waals surface area (Å²) in [5.74, 6) is 0. The topological polar surface area (TPSA) is 15.6 Å². The van der Waals surface area contributed by atoms with Crippen molar-refractivity contribution in [2.24, 2.45) is 10.5 Å². The molecule has 0 saturated carbocycles. The molecule has 2 nitrogen and oxygen atoms in total. The zero-order valence-electron chi connectivity index (χ0n) is 9.26. The first-order chi connectivity index (χ1) is 5.37. The molecule has 0 rings (SSSR count). The monoisotopic (exact) mass is 170 g/mol. The van der Waals surface area contributed by atoms with Crippen LogP contribution in [0.15, 0.2) is 5.10 Å². The van der Waals surface area contributed by atoms with Crippen molar-refractivity contribution < 1.29 is 0 Å². The summed E-state index contributed by atoms with van der Waals surface area (Å²) < 4.78 is 0. The number of hydrogen-bond acceptors (Lipinski definition) is 2. The van der Waals surface area contributed by atoms with Crippen LogP contribution < -0.4 is 0 Å². The van der Waals surface area contributed by atoms with Gasteiger partial charge >= 0.3 is 0 Å². The zero-order valence-corrected chi connectivity index (χ0v) is 9.26. The maximum absolute atomic E-state index is 4.32. The van der Waals surface area contributed by atoms with Gasteiger partial charge in [0.1, 0.15) is 0 Å². The Morgan fingerprint density at radius 1 is 1.33 bits per heavy atom. The molecule has 0 atom stereocenters. The van der Waals surface area contributed by atoms with Gasteiger partial charge in [-0.25, -0.2) is 0 Å². The smallest absolute Gasteiger partial charge is 0.0414 e. The summed E-state index contributed by atoms with van der Waals surface area (Å²) in [4.78, 5) is 0. The summed E-state index contributed by atoms with van der Waals surface area (Å²) in [5.41, 5.74) is 0.316. The van der Waals surface area contributed by atoms with Crippen LogP contribution in [0.3, 0.4) is 0 Å². The minimum atomic E-state index is 0.316. The molecule has 2 heteroatoms. The predicted molar refractivity (Wildman–Crippen MR) is 55.5 cm³/mol. The Morgan fingerprint density at radius 2 is 1.83 bits per heavy atom. The molecular formula is C10H22N2. The van der Waals surface area contributed by atoms with Crippen LogP contribution in [0, 0.1) is 5.41 Å². The minimum Gasteiger partial charge on any atom is -0.294 e. The van der Waals surface area contributed by atoms with Crippen molar-refractivity contribution in [3.63, 3.8) is 0 Å². The van der Waals surface area contributed by atoms with E-state index in [-0.39, 0.29) is 0 Å². The summed E-state index contributed by atoms with van der Waals surface area (Å²) in [6.07, 6.45) is 1.85. The van der Waals surface area contributed by atoms with Crippen molar-refractivity contribution in [3.8, 4) is 0 Å². The average Bonchev–Trinajstić information content (AvgIpc) is 1.83. The SMILES string of the molecule is C/C=N\N(CC(C)(C)C)C(C)C. The molecule has 0 aromatic rings. The van der Waals surface area contributed by atoms with Crippen molar-refractivity contribution in [2.45, 2.75) is 47.6 Å². The van der Waals surface area contributed by atoms with Crippen molar-refractivity contribution in [3.05, 3.63) is 0 Å². The normalized spacial score (nSPS) is 12.9. The second kappa shape index (κ2) is 4.48. The largest absolute Gasteiger partial charge is 0.294 e. The van der Waals surface area contributed by atoms with E-state index in [1.807, 2.05) is 13.1 Å². The van der Waals surface area contributed by atoms with Gasteiger partial charge < -0.3 is 0 Å². The maximum Gasteiger partial charge on any atom is 0.0414 e. The predicted octanol–water partition coefficient (Wildman–Crippen LogP) is 2.75. The molecule has 0 amide bonds. The van der Waals surface area contributed by atoms with Crippen molar-refractivity contribution in [1.82, 2.24) is 5.01 Å². The Hall–Kier alpha value is -0.530. The van der Waals surface area contributed by atoms with E-state index in [4.69, 9.17) is 0 Å². The molecule has 0 radical (unpaired) electrons. The van der Waals surface area contributed by atoms with Gasteiger partial charge in [0.15, 0.2) is 0 Å². The Morgan fingerprint density at radius 3 is 2.08 bits per heavy atom. The molecular weight excluding hydrogens is 148 g/mol. The first-order valence-electron chi connectivity index (χ1n) is 4.62. The van der Waals surface area contributed by atoms with Gasteiger partial charge in [-0.05, 0) is 26.2 Å². The molecule has 0 N–H and O–H groups in total.